The van der Waals surface area contributed by atoms with Gasteiger partial charge in [0.2, 0.25) is 5.91 Å². The Morgan fingerprint density at radius 2 is 1.78 bits per heavy atom. The number of piperazine rings is 1. The SMILES string of the molecule is Cn1nnc2cc(CNC(=O)[C@@H]3CN(C(=O)OCc4ccccc4)CCN3C(=O)OC(C)(C)C)ccc21. The molecule has 1 aliphatic rings. The maximum absolute atomic E-state index is 13.3. The fourth-order valence-corrected chi connectivity index (χ4v) is 4.03. The van der Waals surface area contributed by atoms with Crippen LogP contribution in [0, 0.1) is 0 Å². The summed E-state index contributed by atoms with van der Waals surface area (Å²) in [4.78, 5) is 41.8. The van der Waals surface area contributed by atoms with Gasteiger partial charge in [-0.3, -0.25) is 9.69 Å². The van der Waals surface area contributed by atoms with Crippen LogP contribution in [0.1, 0.15) is 31.9 Å². The van der Waals surface area contributed by atoms with Gasteiger partial charge in [0.25, 0.3) is 0 Å². The molecular weight excluding hydrogens is 476 g/mol. The minimum absolute atomic E-state index is 0.0120. The second kappa shape index (κ2) is 10.9. The molecule has 1 aliphatic heterocycles. The van der Waals surface area contributed by atoms with Crippen molar-refractivity contribution in [1.29, 1.82) is 0 Å². The molecule has 1 N–H and O–H groups in total. The second-order valence-corrected chi connectivity index (χ2v) is 9.93. The van der Waals surface area contributed by atoms with Gasteiger partial charge in [0.1, 0.15) is 23.8 Å². The molecule has 0 radical (unpaired) electrons. The lowest BCUT2D eigenvalue weighted by atomic mass is 10.1. The standard InChI is InChI=1S/C26H32N6O5/c1-26(2,3)37-25(35)32-13-12-31(24(34)36-17-18-8-6-5-7-9-18)16-22(32)23(33)27-15-19-10-11-21-20(14-19)28-29-30(21)4/h5-11,14,22H,12-13,15-17H2,1-4H3,(H,27,33)/t22-/m0/s1. The molecule has 1 saturated heterocycles. The summed E-state index contributed by atoms with van der Waals surface area (Å²) in [5.41, 5.74) is 2.56. The number of rotatable bonds is 5. The van der Waals surface area contributed by atoms with Crippen molar-refractivity contribution >= 4 is 29.1 Å². The smallest absolute Gasteiger partial charge is 0.411 e. The molecule has 11 heteroatoms. The Labute approximate surface area is 215 Å². The average molecular weight is 509 g/mol. The van der Waals surface area contributed by atoms with Crippen molar-refractivity contribution in [3.05, 3.63) is 59.7 Å². The van der Waals surface area contributed by atoms with Crippen LogP contribution in [0.4, 0.5) is 9.59 Å². The summed E-state index contributed by atoms with van der Waals surface area (Å²) in [6, 6.07) is 14.0. The largest absolute Gasteiger partial charge is 0.445 e. The van der Waals surface area contributed by atoms with Crippen LogP contribution in [0.15, 0.2) is 48.5 Å². The summed E-state index contributed by atoms with van der Waals surface area (Å²) < 4.78 is 12.6. The average Bonchev–Trinajstić information content (AvgIpc) is 3.25. The van der Waals surface area contributed by atoms with Crippen molar-refractivity contribution in [3.63, 3.8) is 0 Å². The van der Waals surface area contributed by atoms with Crippen LogP contribution in [0.25, 0.3) is 11.0 Å². The molecule has 196 valence electrons. The van der Waals surface area contributed by atoms with Crippen molar-refractivity contribution in [2.75, 3.05) is 19.6 Å². The molecule has 2 heterocycles. The van der Waals surface area contributed by atoms with Gasteiger partial charge < -0.3 is 19.7 Å². The number of benzene rings is 2. The number of hydrogen-bond donors (Lipinski definition) is 1. The molecule has 0 spiro atoms. The van der Waals surface area contributed by atoms with Crippen molar-refractivity contribution in [3.8, 4) is 0 Å². The maximum Gasteiger partial charge on any atom is 0.411 e. The Morgan fingerprint density at radius 3 is 2.51 bits per heavy atom. The first-order valence-electron chi connectivity index (χ1n) is 12.1. The first kappa shape index (κ1) is 25.9. The Bertz CT molecular complexity index is 1270. The number of fused-ring (bicyclic) bond motifs is 1. The van der Waals surface area contributed by atoms with Crippen molar-refractivity contribution < 1.29 is 23.9 Å². The van der Waals surface area contributed by atoms with E-state index in [2.05, 4.69) is 15.6 Å². The lowest BCUT2D eigenvalue weighted by Crippen LogP contribution is -2.62. The zero-order valence-electron chi connectivity index (χ0n) is 21.5. The van der Waals surface area contributed by atoms with Gasteiger partial charge in [0.05, 0.1) is 12.1 Å². The summed E-state index contributed by atoms with van der Waals surface area (Å²) >= 11 is 0. The number of nitrogens with zero attached hydrogens (tertiary/aromatic N) is 5. The third-order valence-corrected chi connectivity index (χ3v) is 5.92. The molecule has 1 fully saturated rings. The topological polar surface area (TPSA) is 119 Å². The van der Waals surface area contributed by atoms with E-state index in [9.17, 15) is 14.4 Å². The van der Waals surface area contributed by atoms with E-state index in [1.165, 1.54) is 9.80 Å². The number of ether oxygens (including phenoxy) is 2. The van der Waals surface area contributed by atoms with Crippen molar-refractivity contribution in [1.82, 2.24) is 30.1 Å². The van der Waals surface area contributed by atoms with Crippen LogP contribution < -0.4 is 5.32 Å². The van der Waals surface area contributed by atoms with E-state index < -0.39 is 29.7 Å². The lowest BCUT2D eigenvalue weighted by Gasteiger charge is -2.40. The van der Waals surface area contributed by atoms with Crippen LogP contribution in [-0.4, -0.2) is 74.2 Å². The van der Waals surface area contributed by atoms with Crippen LogP contribution in [0.2, 0.25) is 0 Å². The summed E-state index contributed by atoms with van der Waals surface area (Å²) in [5, 5.41) is 11.0. The van der Waals surface area contributed by atoms with Crippen LogP contribution in [0.3, 0.4) is 0 Å². The Hall–Kier alpha value is -4.15. The molecule has 3 aromatic rings. The highest BCUT2D eigenvalue weighted by Gasteiger charge is 2.39. The molecule has 0 unspecified atom stereocenters. The van der Waals surface area contributed by atoms with E-state index in [-0.39, 0.29) is 32.8 Å². The quantitative estimate of drug-likeness (QED) is 0.563. The van der Waals surface area contributed by atoms with Gasteiger partial charge in [-0.05, 0) is 44.0 Å². The van der Waals surface area contributed by atoms with E-state index >= 15 is 0 Å². The van der Waals surface area contributed by atoms with Gasteiger partial charge in [-0.2, -0.15) is 0 Å². The molecule has 3 amide bonds. The van der Waals surface area contributed by atoms with Crippen LogP contribution in [0.5, 0.6) is 0 Å². The lowest BCUT2D eigenvalue weighted by molar-refractivity contribution is -0.128. The summed E-state index contributed by atoms with van der Waals surface area (Å²) in [6.07, 6.45) is -1.15. The zero-order chi connectivity index (χ0) is 26.6. The highest BCUT2D eigenvalue weighted by molar-refractivity contribution is 5.87. The molecule has 0 saturated carbocycles. The predicted molar refractivity (Wildman–Crippen MR) is 135 cm³/mol. The minimum atomic E-state index is -0.937. The number of carbonyl (C=O) groups is 3. The minimum Gasteiger partial charge on any atom is -0.445 e. The maximum atomic E-state index is 13.3. The van der Waals surface area contributed by atoms with Gasteiger partial charge in [-0.1, -0.05) is 41.6 Å². The van der Waals surface area contributed by atoms with Gasteiger partial charge in [0, 0.05) is 26.7 Å². The number of carbonyl (C=O) groups excluding carboxylic acids is 3. The molecule has 2 aromatic carbocycles. The summed E-state index contributed by atoms with van der Waals surface area (Å²) in [6.45, 7) is 5.98. The fourth-order valence-electron chi connectivity index (χ4n) is 4.03. The second-order valence-electron chi connectivity index (χ2n) is 9.93. The van der Waals surface area contributed by atoms with Crippen LogP contribution >= 0.6 is 0 Å². The third kappa shape index (κ3) is 6.54. The van der Waals surface area contributed by atoms with E-state index in [4.69, 9.17) is 9.47 Å². The van der Waals surface area contributed by atoms with Crippen LogP contribution in [-0.2, 0) is 34.5 Å². The Balaban J connectivity index is 1.44. The van der Waals surface area contributed by atoms with E-state index in [1.807, 2.05) is 55.6 Å². The third-order valence-electron chi connectivity index (χ3n) is 5.92. The predicted octanol–water partition coefficient (Wildman–Crippen LogP) is 2.84. The molecule has 4 rings (SSSR count). The first-order valence-corrected chi connectivity index (χ1v) is 12.1. The number of amides is 3. The molecule has 1 atom stereocenters. The number of nitrogens with one attached hydrogen (secondary N) is 1. The molecular formula is C26H32N6O5. The van der Waals surface area contributed by atoms with E-state index in [1.54, 1.807) is 25.5 Å². The summed E-state index contributed by atoms with van der Waals surface area (Å²) in [5.74, 6) is -0.398. The number of aromatic nitrogens is 3. The normalized spacial score (nSPS) is 15.9. The molecule has 0 bridgehead atoms. The number of aryl methyl sites for hydroxylation is 1. The molecule has 1 aromatic heterocycles. The van der Waals surface area contributed by atoms with E-state index in [0.717, 1.165) is 22.2 Å². The highest BCUT2D eigenvalue weighted by Crippen LogP contribution is 2.18. The highest BCUT2D eigenvalue weighted by atomic mass is 16.6. The van der Waals surface area contributed by atoms with Gasteiger partial charge in [0.15, 0.2) is 0 Å². The molecule has 11 nitrogen and oxygen atoms in total. The van der Waals surface area contributed by atoms with Gasteiger partial charge >= 0.3 is 12.2 Å². The van der Waals surface area contributed by atoms with E-state index in [0.29, 0.717) is 0 Å². The van der Waals surface area contributed by atoms with Gasteiger partial charge in [-0.25, -0.2) is 14.3 Å². The van der Waals surface area contributed by atoms with Crippen molar-refractivity contribution in [2.45, 2.75) is 45.6 Å². The fraction of sp³-hybridized carbons (Fsp3) is 0.423. The zero-order valence-corrected chi connectivity index (χ0v) is 21.5. The van der Waals surface area contributed by atoms with Crippen molar-refractivity contribution in [2.24, 2.45) is 7.05 Å². The number of hydrogen-bond acceptors (Lipinski definition) is 7. The first-order chi connectivity index (χ1) is 17.6. The Morgan fingerprint density at radius 1 is 1.03 bits per heavy atom. The molecule has 0 aliphatic carbocycles. The van der Waals surface area contributed by atoms with Gasteiger partial charge in [-0.15, -0.1) is 5.10 Å². The Kier molecular flexibility index (Phi) is 7.61. The monoisotopic (exact) mass is 508 g/mol. The summed E-state index contributed by atoms with van der Waals surface area (Å²) in [7, 11) is 1.81. The molecule has 37 heavy (non-hydrogen) atoms.